The molecule has 0 aliphatic rings. The lowest BCUT2D eigenvalue weighted by Gasteiger charge is -2.12. The second kappa shape index (κ2) is 6.66. The summed E-state index contributed by atoms with van der Waals surface area (Å²) in [5, 5.41) is 9.55. The first-order chi connectivity index (χ1) is 10.8. The molecule has 22 heavy (non-hydrogen) atoms. The molecule has 0 spiro atoms. The summed E-state index contributed by atoms with van der Waals surface area (Å²) in [4.78, 5) is 0. The fourth-order valence-electron chi connectivity index (χ4n) is 2.32. The van der Waals surface area contributed by atoms with Gasteiger partial charge in [0.25, 0.3) is 0 Å². The summed E-state index contributed by atoms with van der Waals surface area (Å²) in [5.41, 5.74) is 1.99. The standard InChI is InChI=1S/C17H17N3OS/c1-3-21-15-12-8-7-11-14(15)16-18-19-17(22-2)20(16)13-9-5-4-6-10-13/h4-12H,3H2,1-2H3. The largest absolute Gasteiger partial charge is 0.493 e. The molecule has 0 aliphatic heterocycles. The fourth-order valence-corrected chi connectivity index (χ4v) is 2.82. The molecule has 0 fully saturated rings. The smallest absolute Gasteiger partial charge is 0.195 e. The monoisotopic (exact) mass is 311 g/mol. The van der Waals surface area contributed by atoms with Gasteiger partial charge >= 0.3 is 0 Å². The lowest BCUT2D eigenvalue weighted by atomic mass is 10.2. The molecule has 3 rings (SSSR count). The van der Waals surface area contributed by atoms with Crippen molar-refractivity contribution < 1.29 is 4.74 Å². The Kier molecular flexibility index (Phi) is 4.44. The molecule has 5 heteroatoms. The zero-order chi connectivity index (χ0) is 15.4. The van der Waals surface area contributed by atoms with Crippen molar-refractivity contribution in [1.82, 2.24) is 14.8 Å². The van der Waals surface area contributed by atoms with Crippen molar-refractivity contribution in [3.05, 3.63) is 54.6 Å². The second-order valence-electron chi connectivity index (χ2n) is 4.61. The quantitative estimate of drug-likeness (QED) is 0.666. The summed E-state index contributed by atoms with van der Waals surface area (Å²) in [6.07, 6.45) is 2.00. The van der Waals surface area contributed by atoms with Crippen molar-refractivity contribution in [3.8, 4) is 22.8 Å². The van der Waals surface area contributed by atoms with Crippen molar-refractivity contribution in [2.45, 2.75) is 12.1 Å². The first-order valence-corrected chi connectivity index (χ1v) is 8.34. The van der Waals surface area contributed by atoms with E-state index in [4.69, 9.17) is 4.74 Å². The molecule has 0 amide bonds. The van der Waals surface area contributed by atoms with Crippen LogP contribution in [0.25, 0.3) is 17.1 Å². The minimum absolute atomic E-state index is 0.617. The SMILES string of the molecule is CCOc1ccccc1-c1nnc(SC)n1-c1ccccc1. The molecule has 0 N–H and O–H groups in total. The van der Waals surface area contributed by atoms with E-state index in [-0.39, 0.29) is 0 Å². The number of thioether (sulfide) groups is 1. The molecule has 0 aliphatic carbocycles. The second-order valence-corrected chi connectivity index (χ2v) is 5.38. The van der Waals surface area contributed by atoms with Crippen LogP contribution in [0.4, 0.5) is 0 Å². The minimum atomic E-state index is 0.617. The van der Waals surface area contributed by atoms with Gasteiger partial charge in [-0.1, -0.05) is 42.1 Å². The molecule has 0 bridgehead atoms. The first kappa shape index (κ1) is 14.7. The van der Waals surface area contributed by atoms with Crippen LogP contribution in [0.3, 0.4) is 0 Å². The summed E-state index contributed by atoms with van der Waals surface area (Å²) in [7, 11) is 0. The molecular weight excluding hydrogens is 294 g/mol. The van der Waals surface area contributed by atoms with E-state index in [0.717, 1.165) is 28.0 Å². The van der Waals surface area contributed by atoms with Crippen molar-refractivity contribution in [1.29, 1.82) is 0 Å². The van der Waals surface area contributed by atoms with Gasteiger partial charge in [-0.05, 0) is 37.4 Å². The van der Waals surface area contributed by atoms with Gasteiger partial charge in [-0.3, -0.25) is 4.57 Å². The van der Waals surface area contributed by atoms with Gasteiger partial charge in [0.05, 0.1) is 12.2 Å². The highest BCUT2D eigenvalue weighted by atomic mass is 32.2. The molecule has 0 unspecified atom stereocenters. The summed E-state index contributed by atoms with van der Waals surface area (Å²) in [5.74, 6) is 1.61. The lowest BCUT2D eigenvalue weighted by Crippen LogP contribution is -2.01. The molecule has 0 radical (unpaired) electrons. The van der Waals surface area contributed by atoms with Gasteiger partial charge in [-0.15, -0.1) is 10.2 Å². The Bertz CT molecular complexity index is 756. The van der Waals surface area contributed by atoms with Gasteiger partial charge in [0, 0.05) is 5.69 Å². The maximum absolute atomic E-state index is 5.74. The van der Waals surface area contributed by atoms with Crippen LogP contribution in [0.2, 0.25) is 0 Å². The third-order valence-electron chi connectivity index (χ3n) is 3.26. The Morgan fingerprint density at radius 1 is 1.00 bits per heavy atom. The molecule has 0 saturated heterocycles. The molecular formula is C17H17N3OS. The van der Waals surface area contributed by atoms with E-state index in [0.29, 0.717) is 6.61 Å². The normalized spacial score (nSPS) is 10.6. The molecule has 1 aromatic heterocycles. The summed E-state index contributed by atoms with van der Waals surface area (Å²) >= 11 is 1.57. The third kappa shape index (κ3) is 2.72. The van der Waals surface area contributed by atoms with E-state index in [9.17, 15) is 0 Å². The summed E-state index contributed by atoms with van der Waals surface area (Å²) in [6, 6.07) is 18.1. The summed E-state index contributed by atoms with van der Waals surface area (Å²) < 4.78 is 7.80. The van der Waals surface area contributed by atoms with Gasteiger partial charge < -0.3 is 4.74 Å². The number of para-hydroxylation sites is 2. The highest BCUT2D eigenvalue weighted by Crippen LogP contribution is 2.32. The maximum Gasteiger partial charge on any atom is 0.195 e. The Morgan fingerprint density at radius 2 is 1.73 bits per heavy atom. The van der Waals surface area contributed by atoms with Crippen molar-refractivity contribution in [3.63, 3.8) is 0 Å². The zero-order valence-corrected chi connectivity index (χ0v) is 13.4. The minimum Gasteiger partial charge on any atom is -0.493 e. The Hall–Kier alpha value is -2.27. The van der Waals surface area contributed by atoms with Crippen LogP contribution in [0, 0.1) is 0 Å². The average Bonchev–Trinajstić information content (AvgIpc) is 3.00. The van der Waals surface area contributed by atoms with E-state index in [1.165, 1.54) is 0 Å². The van der Waals surface area contributed by atoms with E-state index >= 15 is 0 Å². The van der Waals surface area contributed by atoms with Crippen molar-refractivity contribution >= 4 is 11.8 Å². The van der Waals surface area contributed by atoms with Gasteiger partial charge in [-0.25, -0.2) is 0 Å². The molecule has 112 valence electrons. The van der Waals surface area contributed by atoms with Gasteiger partial charge in [-0.2, -0.15) is 0 Å². The lowest BCUT2D eigenvalue weighted by molar-refractivity contribution is 0.341. The number of hydrogen-bond acceptors (Lipinski definition) is 4. The van der Waals surface area contributed by atoms with Crippen LogP contribution in [0.15, 0.2) is 59.8 Å². The average molecular weight is 311 g/mol. The van der Waals surface area contributed by atoms with E-state index in [2.05, 4.69) is 26.9 Å². The predicted molar refractivity (Wildman–Crippen MR) is 89.7 cm³/mol. The zero-order valence-electron chi connectivity index (χ0n) is 12.6. The van der Waals surface area contributed by atoms with Crippen LogP contribution in [-0.2, 0) is 0 Å². The number of aromatic nitrogens is 3. The fraction of sp³-hybridized carbons (Fsp3) is 0.176. The van der Waals surface area contributed by atoms with Crippen molar-refractivity contribution in [2.75, 3.05) is 12.9 Å². The first-order valence-electron chi connectivity index (χ1n) is 7.12. The van der Waals surface area contributed by atoms with Crippen LogP contribution >= 0.6 is 11.8 Å². The number of benzene rings is 2. The molecule has 2 aromatic carbocycles. The molecule has 0 atom stereocenters. The van der Waals surface area contributed by atoms with Gasteiger partial charge in [0.15, 0.2) is 11.0 Å². The van der Waals surface area contributed by atoms with Crippen LogP contribution < -0.4 is 4.74 Å². The van der Waals surface area contributed by atoms with Crippen molar-refractivity contribution in [2.24, 2.45) is 0 Å². The van der Waals surface area contributed by atoms with E-state index in [1.54, 1.807) is 11.8 Å². The Balaban J connectivity index is 2.19. The number of rotatable bonds is 5. The Labute approximate surface area is 134 Å². The summed E-state index contributed by atoms with van der Waals surface area (Å²) in [6.45, 7) is 2.60. The van der Waals surface area contributed by atoms with Gasteiger partial charge in [0.1, 0.15) is 5.75 Å². The maximum atomic E-state index is 5.74. The molecule has 3 aromatic rings. The number of nitrogens with zero attached hydrogens (tertiary/aromatic N) is 3. The Morgan fingerprint density at radius 3 is 2.45 bits per heavy atom. The van der Waals surface area contributed by atoms with Gasteiger partial charge in [0.2, 0.25) is 0 Å². The third-order valence-corrected chi connectivity index (χ3v) is 3.89. The van der Waals surface area contributed by atoms with Crippen LogP contribution in [0.1, 0.15) is 6.92 Å². The number of hydrogen-bond donors (Lipinski definition) is 0. The predicted octanol–water partition coefficient (Wildman–Crippen LogP) is 4.05. The topological polar surface area (TPSA) is 39.9 Å². The van der Waals surface area contributed by atoms with E-state index < -0.39 is 0 Å². The highest BCUT2D eigenvalue weighted by Gasteiger charge is 2.17. The van der Waals surface area contributed by atoms with Crippen LogP contribution in [0.5, 0.6) is 5.75 Å². The molecule has 0 saturated carbocycles. The molecule has 4 nitrogen and oxygen atoms in total. The van der Waals surface area contributed by atoms with Crippen LogP contribution in [-0.4, -0.2) is 27.6 Å². The molecule has 1 heterocycles. The van der Waals surface area contributed by atoms with E-state index in [1.807, 2.05) is 55.6 Å². The number of ether oxygens (including phenoxy) is 1. The highest BCUT2D eigenvalue weighted by molar-refractivity contribution is 7.98.